The second-order valence-electron chi connectivity index (χ2n) is 7.72. The van der Waals surface area contributed by atoms with Crippen LogP contribution in [-0.2, 0) is 10.9 Å². The van der Waals surface area contributed by atoms with Crippen LogP contribution in [0.5, 0.6) is 0 Å². The molecule has 7 nitrogen and oxygen atoms in total. The van der Waals surface area contributed by atoms with E-state index < -0.39 is 11.7 Å². The van der Waals surface area contributed by atoms with E-state index in [9.17, 15) is 18.0 Å². The summed E-state index contributed by atoms with van der Waals surface area (Å²) in [6.45, 7) is 3.56. The number of halogens is 3. The van der Waals surface area contributed by atoms with E-state index >= 15 is 0 Å². The van der Waals surface area contributed by atoms with Crippen molar-refractivity contribution in [2.24, 2.45) is 0 Å². The Bertz CT molecular complexity index is 1130. The third kappa shape index (κ3) is 5.22. The zero-order valence-electron chi connectivity index (χ0n) is 18.1. The van der Waals surface area contributed by atoms with Gasteiger partial charge in [-0.25, -0.2) is 14.6 Å². The van der Waals surface area contributed by atoms with Crippen LogP contribution < -0.4 is 5.32 Å². The topological polar surface area (TPSA) is 81.9 Å². The van der Waals surface area contributed by atoms with Crippen LogP contribution in [0.2, 0.25) is 0 Å². The summed E-state index contributed by atoms with van der Waals surface area (Å²) in [7, 11) is 0. The van der Waals surface area contributed by atoms with Gasteiger partial charge in [-0.05, 0) is 38.3 Å². The number of nitrogens with zero attached hydrogens (tertiary/aromatic N) is 4. The predicted molar refractivity (Wildman–Crippen MR) is 115 cm³/mol. The van der Waals surface area contributed by atoms with E-state index in [1.165, 1.54) is 41.3 Å². The molecular formula is C23H24F3N5O2. The molecule has 3 aromatic rings. The average molecular weight is 459 g/mol. The maximum atomic E-state index is 13.5. The van der Waals surface area contributed by atoms with Crippen LogP contribution in [-0.4, -0.2) is 45.4 Å². The van der Waals surface area contributed by atoms with E-state index in [0.29, 0.717) is 37.4 Å². The van der Waals surface area contributed by atoms with Crippen LogP contribution >= 0.6 is 0 Å². The summed E-state index contributed by atoms with van der Waals surface area (Å²) >= 11 is 0. The first-order chi connectivity index (χ1) is 15.9. The number of benzene rings is 1. The lowest BCUT2D eigenvalue weighted by atomic mass is 10.0. The zero-order valence-corrected chi connectivity index (χ0v) is 18.1. The van der Waals surface area contributed by atoms with Gasteiger partial charge in [-0.2, -0.15) is 18.3 Å². The van der Waals surface area contributed by atoms with Gasteiger partial charge in [0.05, 0.1) is 28.7 Å². The molecule has 1 aliphatic rings. The van der Waals surface area contributed by atoms with E-state index in [2.05, 4.69) is 20.4 Å². The lowest BCUT2D eigenvalue weighted by Gasteiger charge is -2.13. The molecule has 1 saturated carbocycles. The molecule has 0 atom stereocenters. The Morgan fingerprint density at radius 3 is 2.76 bits per heavy atom. The maximum Gasteiger partial charge on any atom is 0.417 e. The number of hydrogen-bond donors (Lipinski definition) is 1. The van der Waals surface area contributed by atoms with Crippen LogP contribution in [0.25, 0.3) is 17.2 Å². The summed E-state index contributed by atoms with van der Waals surface area (Å²) in [6, 6.07) is 6.70. The van der Waals surface area contributed by atoms with Crippen LogP contribution in [0.15, 0.2) is 42.7 Å². The van der Waals surface area contributed by atoms with Crippen molar-refractivity contribution in [3.63, 3.8) is 0 Å². The van der Waals surface area contributed by atoms with Crippen LogP contribution in [0.3, 0.4) is 0 Å². The summed E-state index contributed by atoms with van der Waals surface area (Å²) in [4.78, 5) is 21.3. The largest absolute Gasteiger partial charge is 0.417 e. The van der Waals surface area contributed by atoms with Crippen molar-refractivity contribution in [1.29, 1.82) is 0 Å². The molecule has 0 saturated heterocycles. The fourth-order valence-electron chi connectivity index (χ4n) is 3.61. The molecule has 0 spiro atoms. The number of carbonyl (C=O) groups is 1. The number of aromatic nitrogens is 4. The molecule has 0 unspecified atom stereocenters. The molecule has 33 heavy (non-hydrogen) atoms. The summed E-state index contributed by atoms with van der Waals surface area (Å²) < 4.78 is 47.2. The standard InChI is InChI=1S/C23H24F3N5O2/c1-2-33-13-5-11-27-21(32)17-14-29-31(20(17)15-8-9-15)22-28-12-10-19(30-22)16-6-3-4-7-18(16)23(24,25)26/h3-4,6-7,10,12,14-15H,2,5,8-9,11,13H2,1H3,(H,27,32). The fourth-order valence-corrected chi connectivity index (χ4v) is 3.61. The Hall–Kier alpha value is -3.27. The summed E-state index contributed by atoms with van der Waals surface area (Å²) in [5.41, 5.74) is 0.426. The van der Waals surface area contributed by atoms with E-state index in [1.807, 2.05) is 6.92 Å². The highest BCUT2D eigenvalue weighted by Crippen LogP contribution is 2.42. The van der Waals surface area contributed by atoms with E-state index in [1.54, 1.807) is 0 Å². The third-order valence-electron chi connectivity index (χ3n) is 5.31. The molecule has 1 N–H and O–H groups in total. The van der Waals surface area contributed by atoms with E-state index in [4.69, 9.17) is 4.74 Å². The van der Waals surface area contributed by atoms with Gasteiger partial charge in [-0.1, -0.05) is 18.2 Å². The highest BCUT2D eigenvalue weighted by atomic mass is 19.4. The molecule has 174 valence electrons. The molecule has 2 aromatic heterocycles. The van der Waals surface area contributed by atoms with E-state index in [0.717, 1.165) is 18.9 Å². The first-order valence-corrected chi connectivity index (χ1v) is 10.8. The first-order valence-electron chi connectivity index (χ1n) is 10.8. The summed E-state index contributed by atoms with van der Waals surface area (Å²) in [6.07, 6.45) is 0.831. The number of ether oxygens (including phenoxy) is 1. The van der Waals surface area contributed by atoms with Gasteiger partial charge in [-0.3, -0.25) is 4.79 Å². The van der Waals surface area contributed by atoms with E-state index in [-0.39, 0.29) is 29.0 Å². The van der Waals surface area contributed by atoms with Gasteiger partial charge in [0.2, 0.25) is 0 Å². The molecule has 0 radical (unpaired) electrons. The molecule has 1 fully saturated rings. The smallest absolute Gasteiger partial charge is 0.382 e. The quantitative estimate of drug-likeness (QED) is 0.480. The second kappa shape index (κ2) is 9.70. The lowest BCUT2D eigenvalue weighted by Crippen LogP contribution is -2.26. The minimum absolute atomic E-state index is 0.0407. The van der Waals surface area contributed by atoms with Gasteiger partial charge < -0.3 is 10.1 Å². The van der Waals surface area contributed by atoms with Crippen molar-refractivity contribution in [2.45, 2.75) is 38.3 Å². The Balaban J connectivity index is 1.63. The molecule has 4 rings (SSSR count). The SMILES string of the molecule is CCOCCCNC(=O)c1cnn(-c2nccc(-c3ccccc3C(F)(F)F)n2)c1C1CC1. The van der Waals surface area contributed by atoms with Gasteiger partial charge >= 0.3 is 6.18 Å². The predicted octanol–water partition coefficient (Wildman–Crippen LogP) is 4.38. The van der Waals surface area contributed by atoms with Crippen molar-refractivity contribution in [2.75, 3.05) is 19.8 Å². The van der Waals surface area contributed by atoms with Crippen molar-refractivity contribution in [3.8, 4) is 17.2 Å². The van der Waals surface area contributed by atoms with Gasteiger partial charge in [0.25, 0.3) is 11.9 Å². The maximum absolute atomic E-state index is 13.5. The molecule has 2 heterocycles. The highest BCUT2D eigenvalue weighted by Gasteiger charge is 2.35. The number of amides is 1. The number of nitrogens with one attached hydrogen (secondary N) is 1. The van der Waals surface area contributed by atoms with Crippen LogP contribution in [0.4, 0.5) is 13.2 Å². The minimum atomic E-state index is -4.51. The zero-order chi connectivity index (χ0) is 23.4. The molecule has 1 aliphatic carbocycles. The number of rotatable bonds is 9. The van der Waals surface area contributed by atoms with Gasteiger partial charge in [-0.15, -0.1) is 0 Å². The molecule has 10 heteroatoms. The lowest BCUT2D eigenvalue weighted by molar-refractivity contribution is -0.137. The van der Waals surface area contributed by atoms with Gasteiger partial charge in [0.1, 0.15) is 0 Å². The fraction of sp³-hybridized carbons (Fsp3) is 0.391. The van der Waals surface area contributed by atoms with Crippen molar-refractivity contribution >= 4 is 5.91 Å². The second-order valence-corrected chi connectivity index (χ2v) is 7.72. The monoisotopic (exact) mass is 459 g/mol. The molecule has 1 aromatic carbocycles. The third-order valence-corrected chi connectivity index (χ3v) is 5.31. The van der Waals surface area contributed by atoms with Crippen molar-refractivity contribution < 1.29 is 22.7 Å². The first kappa shape index (κ1) is 22.9. The Kier molecular flexibility index (Phi) is 6.73. The Labute approximate surface area is 189 Å². The van der Waals surface area contributed by atoms with Crippen molar-refractivity contribution in [3.05, 3.63) is 59.5 Å². The van der Waals surface area contributed by atoms with Gasteiger partial charge in [0.15, 0.2) is 0 Å². The number of alkyl halides is 3. The summed E-state index contributed by atoms with van der Waals surface area (Å²) in [5, 5.41) is 7.19. The van der Waals surface area contributed by atoms with Crippen molar-refractivity contribution in [1.82, 2.24) is 25.1 Å². The Morgan fingerprint density at radius 2 is 2.03 bits per heavy atom. The number of hydrogen-bond acceptors (Lipinski definition) is 5. The van der Waals surface area contributed by atoms with Gasteiger partial charge in [0, 0.05) is 37.4 Å². The molecule has 1 amide bonds. The highest BCUT2D eigenvalue weighted by molar-refractivity contribution is 5.95. The molecular weight excluding hydrogens is 435 g/mol. The van der Waals surface area contributed by atoms with Crippen LogP contribution in [0, 0.1) is 0 Å². The summed E-state index contributed by atoms with van der Waals surface area (Å²) in [5.74, 6) is 0.00591. The average Bonchev–Trinajstić information content (AvgIpc) is 3.55. The number of carbonyl (C=O) groups excluding carboxylic acids is 1. The molecule has 0 aliphatic heterocycles. The van der Waals surface area contributed by atoms with Crippen LogP contribution in [0.1, 0.15) is 53.7 Å². The normalized spacial score (nSPS) is 13.8. The Morgan fingerprint density at radius 1 is 1.24 bits per heavy atom. The molecule has 0 bridgehead atoms. The minimum Gasteiger partial charge on any atom is -0.382 e.